The SMILES string of the molecule is CCOc1cccc(-c2cc(CNC)cs2)c1. The Hall–Kier alpha value is -1.32. The van der Waals surface area contributed by atoms with Crippen molar-refractivity contribution < 1.29 is 4.74 Å². The van der Waals surface area contributed by atoms with Crippen molar-refractivity contribution >= 4 is 11.3 Å². The number of hydrogen-bond donors (Lipinski definition) is 1. The Bertz CT molecular complexity index is 479. The minimum absolute atomic E-state index is 0.707. The van der Waals surface area contributed by atoms with Crippen molar-refractivity contribution in [2.45, 2.75) is 13.5 Å². The summed E-state index contributed by atoms with van der Waals surface area (Å²) in [5, 5.41) is 5.36. The molecule has 0 aliphatic rings. The number of benzene rings is 1. The maximum absolute atomic E-state index is 5.51. The van der Waals surface area contributed by atoms with Crippen molar-refractivity contribution in [1.29, 1.82) is 0 Å². The molecule has 0 amide bonds. The van der Waals surface area contributed by atoms with Gasteiger partial charge in [-0.2, -0.15) is 0 Å². The van der Waals surface area contributed by atoms with Gasteiger partial charge in [0.1, 0.15) is 5.75 Å². The Labute approximate surface area is 106 Å². The zero-order chi connectivity index (χ0) is 12.1. The molecule has 2 rings (SSSR count). The van der Waals surface area contributed by atoms with Gasteiger partial charge in [-0.15, -0.1) is 11.3 Å². The van der Waals surface area contributed by atoms with Gasteiger partial charge in [0.2, 0.25) is 0 Å². The maximum Gasteiger partial charge on any atom is 0.119 e. The van der Waals surface area contributed by atoms with Gasteiger partial charge >= 0.3 is 0 Å². The summed E-state index contributed by atoms with van der Waals surface area (Å²) >= 11 is 1.77. The molecule has 0 radical (unpaired) electrons. The zero-order valence-electron chi connectivity index (χ0n) is 10.2. The third-order valence-electron chi connectivity index (χ3n) is 2.46. The van der Waals surface area contributed by atoms with Gasteiger partial charge in [-0.05, 0) is 48.7 Å². The van der Waals surface area contributed by atoms with Crippen molar-refractivity contribution in [2.75, 3.05) is 13.7 Å². The molecule has 1 aromatic carbocycles. The van der Waals surface area contributed by atoms with Crippen LogP contribution in [0.3, 0.4) is 0 Å². The van der Waals surface area contributed by atoms with Crippen molar-refractivity contribution in [1.82, 2.24) is 5.32 Å². The molecule has 0 aliphatic heterocycles. The van der Waals surface area contributed by atoms with E-state index in [2.05, 4.69) is 28.9 Å². The summed E-state index contributed by atoms with van der Waals surface area (Å²) < 4.78 is 5.51. The monoisotopic (exact) mass is 247 g/mol. The molecule has 1 N–H and O–H groups in total. The summed E-state index contributed by atoms with van der Waals surface area (Å²) in [7, 11) is 1.97. The summed E-state index contributed by atoms with van der Waals surface area (Å²) in [6, 6.07) is 10.5. The predicted octanol–water partition coefficient (Wildman–Crippen LogP) is 3.53. The summed E-state index contributed by atoms with van der Waals surface area (Å²) in [6.07, 6.45) is 0. The lowest BCUT2D eigenvalue weighted by Gasteiger charge is -2.04. The fraction of sp³-hybridized carbons (Fsp3) is 0.286. The van der Waals surface area contributed by atoms with E-state index in [9.17, 15) is 0 Å². The van der Waals surface area contributed by atoms with Gasteiger partial charge in [0.05, 0.1) is 6.61 Å². The van der Waals surface area contributed by atoms with Crippen molar-refractivity contribution in [3.63, 3.8) is 0 Å². The number of hydrogen-bond acceptors (Lipinski definition) is 3. The molecule has 0 aliphatic carbocycles. The molecular weight excluding hydrogens is 230 g/mol. The highest BCUT2D eigenvalue weighted by Crippen LogP contribution is 2.29. The van der Waals surface area contributed by atoms with Crippen LogP contribution in [0.15, 0.2) is 35.7 Å². The van der Waals surface area contributed by atoms with Gasteiger partial charge in [0, 0.05) is 11.4 Å². The Balaban J connectivity index is 2.22. The number of thiophene rings is 1. The first kappa shape index (κ1) is 12.1. The first-order valence-corrected chi connectivity index (χ1v) is 6.66. The molecule has 0 saturated heterocycles. The first-order chi connectivity index (χ1) is 8.33. The molecule has 1 heterocycles. The van der Waals surface area contributed by atoms with Gasteiger partial charge in [-0.1, -0.05) is 12.1 Å². The minimum atomic E-state index is 0.707. The van der Waals surface area contributed by atoms with Crippen molar-refractivity contribution in [3.8, 4) is 16.2 Å². The fourth-order valence-electron chi connectivity index (χ4n) is 1.73. The molecule has 2 nitrogen and oxygen atoms in total. The van der Waals surface area contributed by atoms with Crippen molar-refractivity contribution in [2.24, 2.45) is 0 Å². The molecule has 3 heteroatoms. The summed E-state index contributed by atoms with van der Waals surface area (Å²) in [5.74, 6) is 0.938. The molecule has 0 spiro atoms. The highest BCUT2D eigenvalue weighted by molar-refractivity contribution is 7.13. The maximum atomic E-state index is 5.51. The molecule has 0 unspecified atom stereocenters. The quantitative estimate of drug-likeness (QED) is 0.872. The normalized spacial score (nSPS) is 10.5. The summed E-state index contributed by atoms with van der Waals surface area (Å²) in [6.45, 7) is 3.63. The van der Waals surface area contributed by atoms with Crippen LogP contribution in [0.2, 0.25) is 0 Å². The van der Waals surface area contributed by atoms with E-state index >= 15 is 0 Å². The molecule has 0 fully saturated rings. The second-order valence-corrected chi connectivity index (χ2v) is 4.72. The third kappa shape index (κ3) is 3.08. The average Bonchev–Trinajstić information content (AvgIpc) is 2.79. The molecule has 0 saturated carbocycles. The van der Waals surface area contributed by atoms with Crippen LogP contribution in [0.25, 0.3) is 10.4 Å². The molecule has 0 bridgehead atoms. The van der Waals surface area contributed by atoms with E-state index in [1.807, 2.05) is 26.1 Å². The Morgan fingerprint density at radius 1 is 1.29 bits per heavy atom. The van der Waals surface area contributed by atoms with E-state index in [-0.39, 0.29) is 0 Å². The van der Waals surface area contributed by atoms with Crippen LogP contribution in [0.4, 0.5) is 0 Å². The minimum Gasteiger partial charge on any atom is -0.494 e. The van der Waals surface area contributed by atoms with Crippen LogP contribution in [-0.4, -0.2) is 13.7 Å². The fourth-order valence-corrected chi connectivity index (χ4v) is 2.64. The Morgan fingerprint density at radius 3 is 2.94 bits per heavy atom. The highest BCUT2D eigenvalue weighted by Gasteiger charge is 2.03. The predicted molar refractivity (Wildman–Crippen MR) is 73.7 cm³/mol. The lowest BCUT2D eigenvalue weighted by molar-refractivity contribution is 0.340. The Kier molecular flexibility index (Phi) is 4.18. The number of ether oxygens (including phenoxy) is 1. The molecular formula is C14H17NOS. The first-order valence-electron chi connectivity index (χ1n) is 5.78. The van der Waals surface area contributed by atoms with Gasteiger partial charge in [0.25, 0.3) is 0 Å². The summed E-state index contributed by atoms with van der Waals surface area (Å²) in [4.78, 5) is 1.29. The lowest BCUT2D eigenvalue weighted by atomic mass is 10.1. The van der Waals surface area contributed by atoms with Crippen LogP contribution >= 0.6 is 11.3 Å². The number of rotatable bonds is 5. The second kappa shape index (κ2) is 5.84. The molecule has 90 valence electrons. The van der Waals surface area contributed by atoms with Gasteiger partial charge in [0.15, 0.2) is 0 Å². The molecule has 1 aromatic heterocycles. The molecule has 0 atom stereocenters. The molecule has 17 heavy (non-hydrogen) atoms. The van der Waals surface area contributed by atoms with E-state index in [1.165, 1.54) is 16.0 Å². The number of nitrogens with one attached hydrogen (secondary N) is 1. The molecule has 2 aromatic rings. The average molecular weight is 247 g/mol. The van der Waals surface area contributed by atoms with Gasteiger partial charge in [-0.3, -0.25) is 0 Å². The van der Waals surface area contributed by atoms with E-state index < -0.39 is 0 Å². The van der Waals surface area contributed by atoms with Gasteiger partial charge < -0.3 is 10.1 Å². The van der Waals surface area contributed by atoms with Crippen LogP contribution < -0.4 is 10.1 Å². The van der Waals surface area contributed by atoms with Crippen molar-refractivity contribution in [3.05, 3.63) is 41.3 Å². The third-order valence-corrected chi connectivity index (χ3v) is 3.49. The van der Waals surface area contributed by atoms with E-state index in [4.69, 9.17) is 4.74 Å². The summed E-state index contributed by atoms with van der Waals surface area (Å²) in [5.41, 5.74) is 2.55. The van der Waals surface area contributed by atoms with E-state index in [0.29, 0.717) is 6.61 Å². The van der Waals surface area contributed by atoms with Gasteiger partial charge in [-0.25, -0.2) is 0 Å². The van der Waals surface area contributed by atoms with E-state index in [1.54, 1.807) is 11.3 Å². The van der Waals surface area contributed by atoms with Crippen LogP contribution in [0.1, 0.15) is 12.5 Å². The largest absolute Gasteiger partial charge is 0.494 e. The van der Waals surface area contributed by atoms with E-state index in [0.717, 1.165) is 12.3 Å². The van der Waals surface area contributed by atoms with Crippen LogP contribution in [0.5, 0.6) is 5.75 Å². The Morgan fingerprint density at radius 2 is 2.18 bits per heavy atom. The standard InChI is InChI=1S/C14H17NOS/c1-3-16-13-6-4-5-12(8-13)14-7-11(9-15-2)10-17-14/h4-8,10,15H,3,9H2,1-2H3. The topological polar surface area (TPSA) is 21.3 Å². The smallest absolute Gasteiger partial charge is 0.119 e. The van der Waals surface area contributed by atoms with Crippen LogP contribution in [0, 0.1) is 0 Å². The highest BCUT2D eigenvalue weighted by atomic mass is 32.1. The van der Waals surface area contributed by atoms with Crippen LogP contribution in [-0.2, 0) is 6.54 Å². The second-order valence-electron chi connectivity index (χ2n) is 3.81. The lowest BCUT2D eigenvalue weighted by Crippen LogP contribution is -2.03. The zero-order valence-corrected chi connectivity index (χ0v) is 11.0.